The number of nitrogens with zero attached hydrogens (tertiary/aromatic N) is 2. The Morgan fingerprint density at radius 1 is 1.14 bits per heavy atom. The number of phenolic OH excluding ortho intramolecular Hbond substituents is 1. The van der Waals surface area contributed by atoms with Crippen molar-refractivity contribution in [1.82, 2.24) is 15.1 Å². The van der Waals surface area contributed by atoms with Gasteiger partial charge in [-0.3, -0.25) is 9.69 Å². The van der Waals surface area contributed by atoms with Crippen LogP contribution in [0.25, 0.3) is 0 Å². The van der Waals surface area contributed by atoms with Gasteiger partial charge in [-0.05, 0) is 63.1 Å². The quantitative estimate of drug-likeness (QED) is 0.784. The first-order valence-electron chi connectivity index (χ1n) is 10.6. The van der Waals surface area contributed by atoms with Crippen molar-refractivity contribution in [3.8, 4) is 5.75 Å². The van der Waals surface area contributed by atoms with E-state index in [9.17, 15) is 9.90 Å². The Morgan fingerprint density at radius 3 is 2.45 bits per heavy atom. The molecule has 0 bridgehead atoms. The average molecular weight is 396 g/mol. The Balaban J connectivity index is 1.97. The number of hydrogen-bond donors (Lipinski definition) is 2. The standard InChI is InChI=1S/C24H33N3O2/c1-5-26(6-2)24(29)20-12-10-19(11-13-20)23(21-8-7-9-22(28)14-21)27-16-17(3)25-15-18(27)4/h7-14,17-18,23,25,28H,5-6,15-16H2,1-4H3. The lowest BCUT2D eigenvalue weighted by molar-refractivity contribution is 0.0773. The number of carbonyl (C=O) groups excluding carboxylic acids is 1. The first-order valence-corrected chi connectivity index (χ1v) is 10.6. The van der Waals surface area contributed by atoms with Crippen LogP contribution in [0.15, 0.2) is 48.5 Å². The summed E-state index contributed by atoms with van der Waals surface area (Å²) < 4.78 is 0. The van der Waals surface area contributed by atoms with E-state index in [0.29, 0.717) is 30.7 Å². The van der Waals surface area contributed by atoms with E-state index in [4.69, 9.17) is 0 Å². The highest BCUT2D eigenvalue weighted by molar-refractivity contribution is 5.94. The number of amides is 1. The molecule has 0 spiro atoms. The Bertz CT molecular complexity index is 817. The second kappa shape index (κ2) is 9.42. The lowest BCUT2D eigenvalue weighted by Gasteiger charge is -2.43. The van der Waals surface area contributed by atoms with Crippen molar-refractivity contribution in [1.29, 1.82) is 0 Å². The lowest BCUT2D eigenvalue weighted by Crippen LogP contribution is -2.55. The summed E-state index contributed by atoms with van der Waals surface area (Å²) in [6.07, 6.45) is 0. The molecule has 0 aliphatic carbocycles. The fourth-order valence-electron chi connectivity index (χ4n) is 4.18. The van der Waals surface area contributed by atoms with E-state index in [1.165, 1.54) is 0 Å². The van der Waals surface area contributed by atoms with Crippen LogP contribution in [0.1, 0.15) is 55.2 Å². The zero-order chi connectivity index (χ0) is 21.0. The van der Waals surface area contributed by atoms with Crippen molar-refractivity contribution in [2.24, 2.45) is 0 Å². The number of phenols is 1. The fourth-order valence-corrected chi connectivity index (χ4v) is 4.18. The van der Waals surface area contributed by atoms with Gasteiger partial charge in [-0.25, -0.2) is 0 Å². The second-order valence-electron chi connectivity index (χ2n) is 7.95. The van der Waals surface area contributed by atoms with E-state index in [2.05, 4.69) is 42.3 Å². The average Bonchev–Trinajstić information content (AvgIpc) is 2.72. The molecule has 1 heterocycles. The molecular formula is C24H33N3O2. The second-order valence-corrected chi connectivity index (χ2v) is 7.95. The van der Waals surface area contributed by atoms with Gasteiger partial charge in [-0.2, -0.15) is 0 Å². The molecule has 2 N–H and O–H groups in total. The van der Waals surface area contributed by atoms with Crippen LogP contribution in [-0.4, -0.2) is 59.1 Å². The Labute approximate surface area is 174 Å². The molecule has 0 radical (unpaired) electrons. The van der Waals surface area contributed by atoms with Crippen molar-refractivity contribution in [2.75, 3.05) is 26.2 Å². The molecule has 5 nitrogen and oxygen atoms in total. The molecule has 29 heavy (non-hydrogen) atoms. The van der Waals surface area contributed by atoms with E-state index in [1.807, 2.05) is 43.0 Å². The van der Waals surface area contributed by atoms with Crippen LogP contribution in [0.4, 0.5) is 0 Å². The van der Waals surface area contributed by atoms with Crippen LogP contribution in [0.5, 0.6) is 5.75 Å². The van der Waals surface area contributed by atoms with Crippen molar-refractivity contribution in [3.05, 3.63) is 65.2 Å². The molecule has 1 saturated heterocycles. The molecule has 2 aromatic carbocycles. The van der Waals surface area contributed by atoms with Gasteiger partial charge in [-0.1, -0.05) is 24.3 Å². The highest BCUT2D eigenvalue weighted by Gasteiger charge is 2.31. The number of nitrogens with one attached hydrogen (secondary N) is 1. The van der Waals surface area contributed by atoms with Crippen molar-refractivity contribution < 1.29 is 9.90 Å². The summed E-state index contributed by atoms with van der Waals surface area (Å²) in [7, 11) is 0. The summed E-state index contributed by atoms with van der Waals surface area (Å²) in [5.74, 6) is 0.344. The minimum Gasteiger partial charge on any atom is -0.508 e. The van der Waals surface area contributed by atoms with Gasteiger partial charge in [-0.15, -0.1) is 0 Å². The molecule has 3 rings (SSSR count). The van der Waals surface area contributed by atoms with Gasteiger partial charge in [0, 0.05) is 43.8 Å². The van der Waals surface area contributed by atoms with E-state index >= 15 is 0 Å². The molecule has 1 fully saturated rings. The first kappa shape index (κ1) is 21.3. The third-order valence-electron chi connectivity index (χ3n) is 5.85. The minimum atomic E-state index is 0.0271. The Morgan fingerprint density at radius 2 is 1.83 bits per heavy atom. The zero-order valence-corrected chi connectivity index (χ0v) is 17.9. The summed E-state index contributed by atoms with van der Waals surface area (Å²) in [6, 6.07) is 16.3. The number of piperazine rings is 1. The molecule has 3 atom stereocenters. The fraction of sp³-hybridized carbons (Fsp3) is 0.458. The van der Waals surface area contributed by atoms with Gasteiger partial charge in [0.05, 0.1) is 6.04 Å². The van der Waals surface area contributed by atoms with Gasteiger partial charge in [0.25, 0.3) is 5.91 Å². The molecule has 1 aliphatic heterocycles. The van der Waals surface area contributed by atoms with Gasteiger partial charge in [0.1, 0.15) is 5.75 Å². The highest BCUT2D eigenvalue weighted by Crippen LogP contribution is 2.33. The normalized spacial score (nSPS) is 21.0. The number of aromatic hydroxyl groups is 1. The first-order chi connectivity index (χ1) is 13.9. The molecule has 0 saturated carbocycles. The van der Waals surface area contributed by atoms with E-state index in [0.717, 1.165) is 24.2 Å². The van der Waals surface area contributed by atoms with Crippen LogP contribution in [-0.2, 0) is 0 Å². The SMILES string of the molecule is CCN(CC)C(=O)c1ccc(C(c2cccc(O)c2)N2CC(C)NCC2C)cc1. The largest absolute Gasteiger partial charge is 0.508 e. The van der Waals surface area contributed by atoms with Crippen LogP contribution < -0.4 is 5.32 Å². The number of benzene rings is 2. The Kier molecular flexibility index (Phi) is 6.93. The van der Waals surface area contributed by atoms with E-state index in [-0.39, 0.29) is 17.7 Å². The number of hydrogen-bond acceptors (Lipinski definition) is 4. The predicted molar refractivity (Wildman–Crippen MR) is 117 cm³/mol. The highest BCUT2D eigenvalue weighted by atomic mass is 16.3. The molecule has 3 unspecified atom stereocenters. The lowest BCUT2D eigenvalue weighted by atomic mass is 9.93. The van der Waals surface area contributed by atoms with Gasteiger partial charge >= 0.3 is 0 Å². The maximum Gasteiger partial charge on any atom is 0.253 e. The molecule has 5 heteroatoms. The van der Waals surface area contributed by atoms with Crippen LogP contribution in [0, 0.1) is 0 Å². The van der Waals surface area contributed by atoms with Crippen molar-refractivity contribution >= 4 is 5.91 Å². The van der Waals surface area contributed by atoms with Crippen molar-refractivity contribution in [3.63, 3.8) is 0 Å². The molecule has 0 aromatic heterocycles. The number of carbonyl (C=O) groups is 1. The minimum absolute atomic E-state index is 0.0271. The van der Waals surface area contributed by atoms with Crippen molar-refractivity contribution in [2.45, 2.75) is 45.8 Å². The molecule has 1 amide bonds. The molecule has 2 aromatic rings. The third-order valence-corrected chi connectivity index (χ3v) is 5.85. The summed E-state index contributed by atoms with van der Waals surface area (Å²) in [5.41, 5.74) is 2.91. The Hall–Kier alpha value is -2.37. The van der Waals surface area contributed by atoms with E-state index < -0.39 is 0 Å². The van der Waals surface area contributed by atoms with E-state index in [1.54, 1.807) is 6.07 Å². The third kappa shape index (κ3) is 4.80. The predicted octanol–water partition coefficient (Wildman–Crippen LogP) is 3.65. The summed E-state index contributed by atoms with van der Waals surface area (Å²) in [6.45, 7) is 11.7. The smallest absolute Gasteiger partial charge is 0.253 e. The van der Waals surface area contributed by atoms with Gasteiger partial charge in [0.2, 0.25) is 0 Å². The number of rotatable bonds is 6. The summed E-state index contributed by atoms with van der Waals surface area (Å²) >= 11 is 0. The monoisotopic (exact) mass is 395 g/mol. The zero-order valence-electron chi connectivity index (χ0n) is 17.9. The van der Waals surface area contributed by atoms with Gasteiger partial charge < -0.3 is 15.3 Å². The maximum atomic E-state index is 12.7. The summed E-state index contributed by atoms with van der Waals surface area (Å²) in [4.78, 5) is 17.0. The maximum absolute atomic E-state index is 12.7. The van der Waals surface area contributed by atoms with Crippen LogP contribution >= 0.6 is 0 Å². The van der Waals surface area contributed by atoms with Crippen LogP contribution in [0.2, 0.25) is 0 Å². The van der Waals surface area contributed by atoms with Gasteiger partial charge in [0.15, 0.2) is 0 Å². The topological polar surface area (TPSA) is 55.8 Å². The molecule has 156 valence electrons. The molecular weight excluding hydrogens is 362 g/mol. The molecule has 1 aliphatic rings. The summed E-state index contributed by atoms with van der Waals surface area (Å²) in [5, 5.41) is 13.6. The van der Waals surface area contributed by atoms with Crippen LogP contribution in [0.3, 0.4) is 0 Å².